The number of fused-ring (bicyclic) bond motifs is 1. The van der Waals surface area contributed by atoms with E-state index in [0.29, 0.717) is 41.9 Å². The Bertz CT molecular complexity index is 871. The zero-order chi connectivity index (χ0) is 21.0. The summed E-state index contributed by atoms with van der Waals surface area (Å²) < 4.78 is 45.2. The van der Waals surface area contributed by atoms with Crippen molar-refractivity contribution in [2.75, 3.05) is 18.8 Å². The van der Waals surface area contributed by atoms with Crippen LogP contribution in [-0.4, -0.2) is 51.0 Å². The van der Waals surface area contributed by atoms with Crippen LogP contribution in [0.15, 0.2) is 23.2 Å². The van der Waals surface area contributed by atoms with E-state index >= 15 is 0 Å². The predicted octanol–water partition coefficient (Wildman–Crippen LogP) is 5.06. The van der Waals surface area contributed by atoms with Crippen LogP contribution in [0.2, 0.25) is 0 Å². The van der Waals surface area contributed by atoms with Gasteiger partial charge in [0, 0.05) is 31.3 Å². The number of carbonyl (C=O) groups is 1. The molecule has 1 saturated heterocycles. The van der Waals surface area contributed by atoms with E-state index in [1.807, 2.05) is 6.92 Å². The maximum atomic E-state index is 13.1. The molecule has 1 aliphatic heterocycles. The molecule has 6 nitrogen and oxygen atoms in total. The standard InChI is InChI=1S/C19H22F3N3O3S/c1-2-3-10-29-16-14-11-12(19(20,21)22)4-5-15(14)23-17(24-16)28-13-6-8-25(9-7-13)18(26)27/h4-5,11,13H,2-3,6-10H2,1H3,(H,26,27). The Labute approximate surface area is 170 Å². The SMILES string of the molecule is CCCCSc1nc(OC2CCN(C(=O)O)CC2)nc2ccc(C(F)(F)F)cc12. The van der Waals surface area contributed by atoms with Crippen molar-refractivity contribution in [1.82, 2.24) is 14.9 Å². The summed E-state index contributed by atoms with van der Waals surface area (Å²) in [5, 5.41) is 9.85. The number of carboxylic acid groups (broad SMARTS) is 1. The number of unbranched alkanes of at least 4 members (excludes halogenated alkanes) is 1. The number of hydrogen-bond donors (Lipinski definition) is 1. The summed E-state index contributed by atoms with van der Waals surface area (Å²) in [4.78, 5) is 21.0. The van der Waals surface area contributed by atoms with Gasteiger partial charge in [0.05, 0.1) is 11.1 Å². The first-order valence-electron chi connectivity index (χ1n) is 9.44. The Morgan fingerprint density at radius 2 is 2.03 bits per heavy atom. The molecule has 1 N–H and O–H groups in total. The topological polar surface area (TPSA) is 75.5 Å². The molecule has 0 unspecified atom stereocenters. The summed E-state index contributed by atoms with van der Waals surface area (Å²) in [6.45, 7) is 2.76. The molecule has 0 atom stereocenters. The van der Waals surface area contributed by atoms with E-state index in [4.69, 9.17) is 9.84 Å². The lowest BCUT2D eigenvalue weighted by atomic mass is 10.1. The fraction of sp³-hybridized carbons (Fsp3) is 0.526. The van der Waals surface area contributed by atoms with Gasteiger partial charge in [-0.2, -0.15) is 23.1 Å². The summed E-state index contributed by atoms with van der Waals surface area (Å²) in [6.07, 6.45) is -2.72. The van der Waals surface area contributed by atoms with Crippen molar-refractivity contribution < 1.29 is 27.8 Å². The number of rotatable bonds is 6. The maximum absolute atomic E-state index is 13.1. The molecule has 1 aliphatic rings. The largest absolute Gasteiger partial charge is 0.465 e. The van der Waals surface area contributed by atoms with E-state index in [1.165, 1.54) is 22.7 Å². The first-order valence-corrected chi connectivity index (χ1v) is 10.4. The third kappa shape index (κ3) is 5.43. The Balaban J connectivity index is 1.85. The number of aromatic nitrogens is 2. The molecular weight excluding hydrogens is 407 g/mol. The van der Waals surface area contributed by atoms with Crippen LogP contribution in [0.5, 0.6) is 6.01 Å². The summed E-state index contributed by atoms with van der Waals surface area (Å²) >= 11 is 1.39. The van der Waals surface area contributed by atoms with Crippen LogP contribution in [0.3, 0.4) is 0 Å². The minimum atomic E-state index is -4.44. The highest BCUT2D eigenvalue weighted by Crippen LogP contribution is 2.35. The van der Waals surface area contributed by atoms with Crippen molar-refractivity contribution in [1.29, 1.82) is 0 Å². The molecule has 158 valence electrons. The molecular formula is C19H22F3N3O3S. The highest BCUT2D eigenvalue weighted by Gasteiger charge is 2.31. The Hall–Kier alpha value is -2.23. The first-order chi connectivity index (χ1) is 13.8. The van der Waals surface area contributed by atoms with Crippen LogP contribution in [0, 0.1) is 0 Å². The number of benzene rings is 1. The molecule has 0 aliphatic carbocycles. The molecule has 1 aromatic heterocycles. The molecule has 1 aromatic carbocycles. The van der Waals surface area contributed by atoms with Crippen LogP contribution in [0.1, 0.15) is 38.2 Å². The van der Waals surface area contributed by atoms with Crippen LogP contribution in [0.25, 0.3) is 10.9 Å². The lowest BCUT2D eigenvalue weighted by molar-refractivity contribution is -0.137. The number of nitrogens with zero attached hydrogens (tertiary/aromatic N) is 3. The number of likely N-dealkylation sites (tertiary alicyclic amines) is 1. The van der Waals surface area contributed by atoms with Crippen LogP contribution in [-0.2, 0) is 6.18 Å². The van der Waals surface area contributed by atoms with Gasteiger partial charge in [-0.25, -0.2) is 4.79 Å². The summed E-state index contributed by atoms with van der Waals surface area (Å²) in [7, 11) is 0. The zero-order valence-corrected chi connectivity index (χ0v) is 16.7. The number of hydrogen-bond acceptors (Lipinski definition) is 5. The Morgan fingerprint density at radius 1 is 1.31 bits per heavy atom. The highest BCUT2D eigenvalue weighted by molar-refractivity contribution is 7.99. The number of ether oxygens (including phenoxy) is 1. The van der Waals surface area contributed by atoms with Gasteiger partial charge < -0.3 is 14.7 Å². The average Bonchev–Trinajstić information content (AvgIpc) is 2.67. The molecule has 3 rings (SSSR count). The van der Waals surface area contributed by atoms with Gasteiger partial charge in [-0.05, 0) is 30.4 Å². The van der Waals surface area contributed by atoms with Gasteiger partial charge in [-0.1, -0.05) is 13.3 Å². The van der Waals surface area contributed by atoms with E-state index < -0.39 is 17.8 Å². The van der Waals surface area contributed by atoms with Gasteiger partial charge in [0.2, 0.25) is 0 Å². The number of alkyl halides is 3. The smallest absolute Gasteiger partial charge is 0.416 e. The predicted molar refractivity (Wildman–Crippen MR) is 103 cm³/mol. The summed E-state index contributed by atoms with van der Waals surface area (Å²) in [6, 6.07) is 3.54. The van der Waals surface area contributed by atoms with Crippen molar-refractivity contribution in [3.8, 4) is 6.01 Å². The van der Waals surface area contributed by atoms with Gasteiger partial charge in [0.15, 0.2) is 0 Å². The van der Waals surface area contributed by atoms with Crippen LogP contribution < -0.4 is 4.74 Å². The van der Waals surface area contributed by atoms with Crippen molar-refractivity contribution >= 4 is 28.8 Å². The molecule has 29 heavy (non-hydrogen) atoms. The van der Waals surface area contributed by atoms with Gasteiger partial charge in [-0.15, -0.1) is 11.8 Å². The Kier molecular flexibility index (Phi) is 6.71. The van der Waals surface area contributed by atoms with Crippen molar-refractivity contribution in [2.24, 2.45) is 0 Å². The second-order valence-electron chi connectivity index (χ2n) is 6.83. The number of amides is 1. The monoisotopic (exact) mass is 429 g/mol. The second-order valence-corrected chi connectivity index (χ2v) is 7.91. The quantitative estimate of drug-likeness (QED) is 0.393. The first kappa shape index (κ1) is 21.5. The molecule has 2 heterocycles. The minimum absolute atomic E-state index is 0.116. The maximum Gasteiger partial charge on any atom is 0.416 e. The number of piperidine rings is 1. The molecule has 0 spiro atoms. The zero-order valence-electron chi connectivity index (χ0n) is 15.9. The Morgan fingerprint density at radius 3 is 2.66 bits per heavy atom. The third-order valence-electron chi connectivity index (χ3n) is 4.69. The van der Waals surface area contributed by atoms with E-state index in [2.05, 4.69) is 9.97 Å². The van der Waals surface area contributed by atoms with E-state index in [1.54, 1.807) is 0 Å². The molecule has 1 amide bonds. The fourth-order valence-corrected chi connectivity index (χ4v) is 4.13. The van der Waals surface area contributed by atoms with E-state index in [-0.39, 0.29) is 12.1 Å². The van der Waals surface area contributed by atoms with Crippen molar-refractivity contribution in [3.05, 3.63) is 23.8 Å². The lowest BCUT2D eigenvalue weighted by Crippen LogP contribution is -2.41. The summed E-state index contributed by atoms with van der Waals surface area (Å²) in [5.41, 5.74) is -0.342. The average molecular weight is 429 g/mol. The number of thioether (sulfide) groups is 1. The molecule has 10 heteroatoms. The van der Waals surface area contributed by atoms with Gasteiger partial charge >= 0.3 is 18.3 Å². The summed E-state index contributed by atoms with van der Waals surface area (Å²) in [5.74, 6) is 0.731. The third-order valence-corrected chi connectivity index (χ3v) is 5.77. The second kappa shape index (κ2) is 9.06. The highest BCUT2D eigenvalue weighted by atomic mass is 32.2. The van der Waals surface area contributed by atoms with E-state index in [0.717, 1.165) is 30.7 Å². The molecule has 0 radical (unpaired) electrons. The van der Waals surface area contributed by atoms with Crippen molar-refractivity contribution in [2.45, 2.75) is 49.9 Å². The van der Waals surface area contributed by atoms with Gasteiger partial charge in [-0.3, -0.25) is 0 Å². The van der Waals surface area contributed by atoms with Gasteiger partial charge in [0.1, 0.15) is 11.1 Å². The molecule has 1 fully saturated rings. The lowest BCUT2D eigenvalue weighted by Gasteiger charge is -2.29. The molecule has 0 saturated carbocycles. The van der Waals surface area contributed by atoms with Crippen molar-refractivity contribution in [3.63, 3.8) is 0 Å². The minimum Gasteiger partial charge on any atom is -0.465 e. The number of halogens is 3. The van der Waals surface area contributed by atoms with E-state index in [9.17, 15) is 18.0 Å². The molecule has 0 bridgehead atoms. The fourth-order valence-electron chi connectivity index (χ4n) is 3.05. The van der Waals surface area contributed by atoms with Crippen LogP contribution >= 0.6 is 11.8 Å². The normalized spacial score (nSPS) is 15.7. The van der Waals surface area contributed by atoms with Gasteiger partial charge in [0.25, 0.3) is 0 Å². The van der Waals surface area contributed by atoms with Crippen LogP contribution in [0.4, 0.5) is 18.0 Å². The molecule has 2 aromatic rings.